The molecule has 1 amide bonds. The Morgan fingerprint density at radius 3 is 2.50 bits per heavy atom. The van der Waals surface area contributed by atoms with E-state index >= 15 is 0 Å². The SMILES string of the molecule is CC(C)(C)CC(=O)N1CCN(Cc2nc3c(s2)C(=O)CCC3)CC1. The molecule has 1 aromatic heterocycles. The van der Waals surface area contributed by atoms with E-state index in [4.69, 9.17) is 0 Å². The molecule has 0 spiro atoms. The minimum atomic E-state index is 0.0424. The number of nitrogens with zero attached hydrogens (tertiary/aromatic N) is 3. The van der Waals surface area contributed by atoms with Gasteiger partial charge >= 0.3 is 0 Å². The van der Waals surface area contributed by atoms with Gasteiger partial charge in [0, 0.05) is 39.0 Å². The van der Waals surface area contributed by atoms with Crippen LogP contribution >= 0.6 is 11.3 Å². The highest BCUT2D eigenvalue weighted by molar-refractivity contribution is 7.13. The highest BCUT2D eigenvalue weighted by Crippen LogP contribution is 2.27. The van der Waals surface area contributed by atoms with E-state index in [1.165, 1.54) is 0 Å². The molecule has 2 heterocycles. The van der Waals surface area contributed by atoms with Crippen LogP contribution in [0.2, 0.25) is 0 Å². The summed E-state index contributed by atoms with van der Waals surface area (Å²) >= 11 is 1.57. The maximum Gasteiger partial charge on any atom is 0.223 e. The predicted octanol–water partition coefficient (Wildman–Crippen LogP) is 2.74. The maximum absolute atomic E-state index is 12.3. The summed E-state index contributed by atoms with van der Waals surface area (Å²) in [6.07, 6.45) is 3.15. The molecule has 0 saturated carbocycles. The van der Waals surface area contributed by atoms with E-state index in [9.17, 15) is 9.59 Å². The van der Waals surface area contributed by atoms with Gasteiger partial charge in [0.15, 0.2) is 5.78 Å². The molecule has 0 aromatic carbocycles. The number of amides is 1. The molecule has 24 heavy (non-hydrogen) atoms. The Balaban J connectivity index is 1.53. The van der Waals surface area contributed by atoms with Crippen LogP contribution in [0.25, 0.3) is 0 Å². The van der Waals surface area contributed by atoms with Crippen molar-refractivity contribution in [3.63, 3.8) is 0 Å². The summed E-state index contributed by atoms with van der Waals surface area (Å²) in [4.78, 5) is 34.1. The number of thiazole rings is 1. The van der Waals surface area contributed by atoms with Gasteiger partial charge in [0.05, 0.1) is 17.1 Å². The number of piperazine rings is 1. The van der Waals surface area contributed by atoms with Crippen LogP contribution in [-0.2, 0) is 17.8 Å². The van der Waals surface area contributed by atoms with Gasteiger partial charge in [0.25, 0.3) is 0 Å². The number of carbonyl (C=O) groups is 2. The summed E-state index contributed by atoms with van der Waals surface area (Å²) in [5.74, 6) is 0.523. The zero-order chi connectivity index (χ0) is 17.3. The summed E-state index contributed by atoms with van der Waals surface area (Å²) in [5.41, 5.74) is 1.05. The van der Waals surface area contributed by atoms with Crippen molar-refractivity contribution in [1.82, 2.24) is 14.8 Å². The standard InChI is InChI=1S/C18H27N3O2S/c1-18(2,3)11-16(23)21-9-7-20(8-10-21)12-15-19-13-5-4-6-14(22)17(13)24-15/h4-12H2,1-3H3. The molecule has 6 heteroatoms. The summed E-state index contributed by atoms with van der Waals surface area (Å²) in [6.45, 7) is 10.5. The topological polar surface area (TPSA) is 53.5 Å². The fraction of sp³-hybridized carbons (Fsp3) is 0.722. The molecular weight excluding hydrogens is 322 g/mol. The van der Waals surface area contributed by atoms with Crippen molar-refractivity contribution in [3.8, 4) is 0 Å². The molecule has 132 valence electrons. The number of ketones is 1. The van der Waals surface area contributed by atoms with Crippen molar-refractivity contribution in [1.29, 1.82) is 0 Å². The Morgan fingerprint density at radius 1 is 1.17 bits per heavy atom. The van der Waals surface area contributed by atoms with Crippen molar-refractivity contribution in [2.45, 2.75) is 53.0 Å². The summed E-state index contributed by atoms with van der Waals surface area (Å²) in [7, 11) is 0. The molecule has 0 bridgehead atoms. The minimum absolute atomic E-state index is 0.0424. The third kappa shape index (κ3) is 4.22. The second-order valence-corrected chi connectivity index (χ2v) is 9.14. The number of aromatic nitrogens is 1. The summed E-state index contributed by atoms with van der Waals surface area (Å²) < 4.78 is 0. The number of rotatable bonds is 3. The van der Waals surface area contributed by atoms with Crippen LogP contribution in [0.1, 0.15) is 60.4 Å². The molecule has 0 unspecified atom stereocenters. The van der Waals surface area contributed by atoms with Crippen LogP contribution in [0.5, 0.6) is 0 Å². The van der Waals surface area contributed by atoms with Crippen LogP contribution in [0, 0.1) is 5.41 Å². The quantitative estimate of drug-likeness (QED) is 0.842. The molecule has 1 aliphatic heterocycles. The third-order valence-corrected chi connectivity index (χ3v) is 5.70. The van der Waals surface area contributed by atoms with Crippen LogP contribution in [0.15, 0.2) is 0 Å². The lowest BCUT2D eigenvalue weighted by Crippen LogP contribution is -2.48. The molecule has 1 aliphatic carbocycles. The predicted molar refractivity (Wildman–Crippen MR) is 95.3 cm³/mol. The number of hydrogen-bond donors (Lipinski definition) is 0. The monoisotopic (exact) mass is 349 g/mol. The molecule has 2 aliphatic rings. The first-order valence-corrected chi connectivity index (χ1v) is 9.65. The van der Waals surface area contributed by atoms with Gasteiger partial charge in [-0.05, 0) is 18.3 Å². The third-order valence-electron chi connectivity index (χ3n) is 4.58. The van der Waals surface area contributed by atoms with E-state index < -0.39 is 0 Å². The van der Waals surface area contributed by atoms with Crippen molar-refractivity contribution >= 4 is 23.0 Å². The largest absolute Gasteiger partial charge is 0.340 e. The zero-order valence-corrected chi connectivity index (χ0v) is 15.7. The Bertz CT molecular complexity index is 625. The molecule has 0 atom stereocenters. The highest BCUT2D eigenvalue weighted by atomic mass is 32.1. The minimum Gasteiger partial charge on any atom is -0.340 e. The van der Waals surface area contributed by atoms with E-state index in [0.29, 0.717) is 12.8 Å². The van der Waals surface area contributed by atoms with Crippen LogP contribution in [0.4, 0.5) is 0 Å². The smallest absolute Gasteiger partial charge is 0.223 e. The van der Waals surface area contributed by atoms with Gasteiger partial charge in [-0.25, -0.2) is 4.98 Å². The van der Waals surface area contributed by atoms with E-state index in [-0.39, 0.29) is 17.1 Å². The number of fused-ring (bicyclic) bond motifs is 1. The first kappa shape index (κ1) is 17.5. The fourth-order valence-corrected chi connectivity index (χ4v) is 4.42. The molecule has 1 aromatic rings. The van der Waals surface area contributed by atoms with Crippen molar-refractivity contribution in [2.24, 2.45) is 5.41 Å². The van der Waals surface area contributed by atoms with Crippen molar-refractivity contribution < 1.29 is 9.59 Å². The molecule has 5 nitrogen and oxygen atoms in total. The average molecular weight is 350 g/mol. The lowest BCUT2D eigenvalue weighted by Gasteiger charge is -2.35. The van der Waals surface area contributed by atoms with Gasteiger partial charge in [-0.1, -0.05) is 20.8 Å². The summed E-state index contributed by atoms with van der Waals surface area (Å²) in [5, 5.41) is 1.05. The van der Waals surface area contributed by atoms with Gasteiger partial charge in [-0.3, -0.25) is 14.5 Å². The zero-order valence-electron chi connectivity index (χ0n) is 14.9. The van der Waals surface area contributed by atoms with Crippen LogP contribution < -0.4 is 0 Å². The van der Waals surface area contributed by atoms with Gasteiger partial charge in [-0.15, -0.1) is 11.3 Å². The van der Waals surface area contributed by atoms with Gasteiger partial charge in [0.2, 0.25) is 5.91 Å². The average Bonchev–Trinajstić information content (AvgIpc) is 2.90. The normalized spacial score (nSPS) is 19.5. The molecule has 0 radical (unpaired) electrons. The van der Waals surface area contributed by atoms with Gasteiger partial charge < -0.3 is 4.90 Å². The Hall–Kier alpha value is -1.27. The number of hydrogen-bond acceptors (Lipinski definition) is 5. The van der Waals surface area contributed by atoms with Gasteiger partial charge in [-0.2, -0.15) is 0 Å². The van der Waals surface area contributed by atoms with Crippen molar-refractivity contribution in [3.05, 3.63) is 15.6 Å². The maximum atomic E-state index is 12.3. The van der Waals surface area contributed by atoms with Crippen LogP contribution in [-0.4, -0.2) is 52.7 Å². The first-order chi connectivity index (χ1) is 11.3. The Kier molecular flexibility index (Phi) is 5.06. The highest BCUT2D eigenvalue weighted by Gasteiger charge is 2.26. The molecule has 0 N–H and O–H groups in total. The van der Waals surface area contributed by atoms with E-state index in [2.05, 4.69) is 30.7 Å². The Labute approximate surface area is 148 Å². The first-order valence-electron chi connectivity index (χ1n) is 8.84. The van der Waals surface area contributed by atoms with Crippen LogP contribution in [0.3, 0.4) is 0 Å². The number of aryl methyl sites for hydroxylation is 1. The molecule has 3 rings (SSSR count). The molecule has 1 fully saturated rings. The molecular formula is C18H27N3O2S. The number of Topliss-reactive ketones (excluding diaryl/α,β-unsaturated/α-hetero) is 1. The van der Waals surface area contributed by atoms with E-state index in [1.54, 1.807) is 11.3 Å². The fourth-order valence-electron chi connectivity index (χ4n) is 3.30. The molecule has 1 saturated heterocycles. The lowest BCUT2D eigenvalue weighted by molar-refractivity contribution is -0.134. The second kappa shape index (κ2) is 6.92. The van der Waals surface area contributed by atoms with E-state index in [1.807, 2.05) is 4.90 Å². The number of carbonyl (C=O) groups excluding carboxylic acids is 2. The van der Waals surface area contributed by atoms with E-state index in [0.717, 1.165) is 61.1 Å². The Morgan fingerprint density at radius 2 is 1.88 bits per heavy atom. The van der Waals surface area contributed by atoms with Gasteiger partial charge in [0.1, 0.15) is 5.01 Å². The van der Waals surface area contributed by atoms with Crippen molar-refractivity contribution in [2.75, 3.05) is 26.2 Å². The second-order valence-electron chi connectivity index (χ2n) is 8.05. The lowest BCUT2D eigenvalue weighted by atomic mass is 9.91. The summed E-state index contributed by atoms with van der Waals surface area (Å²) in [6, 6.07) is 0.